The fourth-order valence-electron chi connectivity index (χ4n) is 9.86. The summed E-state index contributed by atoms with van der Waals surface area (Å²) >= 11 is 0. The van der Waals surface area contributed by atoms with Crippen molar-refractivity contribution < 1.29 is 4.42 Å². The first kappa shape index (κ1) is 34.6. The molecule has 0 saturated carbocycles. The highest BCUT2D eigenvalue weighted by molar-refractivity contribution is 6.12. The number of benzene rings is 8. The molecular weight excluding hydrogens is 731 g/mol. The zero-order valence-electron chi connectivity index (χ0n) is 32.9. The number of aromatic nitrogens is 3. The third-order valence-corrected chi connectivity index (χ3v) is 12.8. The Morgan fingerprint density at radius 1 is 0.467 bits per heavy atom. The van der Waals surface area contributed by atoms with Gasteiger partial charge in [-0.2, -0.15) is 0 Å². The summed E-state index contributed by atoms with van der Waals surface area (Å²) in [6.07, 6.45) is 11.3. The van der Waals surface area contributed by atoms with Gasteiger partial charge in [0.15, 0.2) is 17.5 Å². The summed E-state index contributed by atoms with van der Waals surface area (Å²) in [6, 6.07) is 60.5. The normalized spacial score (nSPS) is 17.2. The first-order valence-electron chi connectivity index (χ1n) is 20.9. The standard InChI is InChI=1S/C56H39N3O/c1-2-13-35(14-3-1)38-19-12-20-42(30-38)54-57-55(43-26-25-36-15-4-5-16-37(36)31-43)59-56(58-54)50-33-44(34-52-53(50)48-23-10-11-24-51(48)60-52)45-28-27-41-29-39-17-6-7-18-40(39)32-49(41)47-22-9-8-21-46(45)47/h1-26,29-34,45-47H,27-28H2/t45-,46?,47?/m1/s1. The van der Waals surface area contributed by atoms with E-state index >= 15 is 0 Å². The Morgan fingerprint density at radius 2 is 1.13 bits per heavy atom. The summed E-state index contributed by atoms with van der Waals surface area (Å²) in [6.45, 7) is 0. The van der Waals surface area contributed by atoms with E-state index < -0.39 is 0 Å². The Kier molecular flexibility index (Phi) is 8.15. The maximum absolute atomic E-state index is 6.77. The van der Waals surface area contributed by atoms with Crippen LogP contribution < -0.4 is 0 Å². The summed E-state index contributed by atoms with van der Waals surface area (Å²) < 4.78 is 6.77. The maximum Gasteiger partial charge on any atom is 0.164 e. The lowest BCUT2D eigenvalue weighted by Gasteiger charge is -2.31. The number of nitrogens with zero attached hydrogens (tertiary/aromatic N) is 3. The maximum atomic E-state index is 6.77. The lowest BCUT2D eigenvalue weighted by atomic mass is 9.73. The molecule has 4 nitrogen and oxygen atoms in total. The molecule has 0 saturated heterocycles. The molecule has 10 aromatic rings. The SMILES string of the molecule is C1=CC2c3cc4ccccc4cc3CC[C@H](c3cc(-c4nc(-c5cccc(-c6ccccc6)c5)nc(-c5ccc6ccccc6c5)n4)c4c(c3)oc3ccccc34)C2C=C1. The Hall–Kier alpha value is -7.43. The molecule has 4 heteroatoms. The summed E-state index contributed by atoms with van der Waals surface area (Å²) in [7, 11) is 0. The smallest absolute Gasteiger partial charge is 0.164 e. The molecule has 0 fully saturated rings. The van der Waals surface area contributed by atoms with E-state index in [1.54, 1.807) is 0 Å². The van der Waals surface area contributed by atoms with Crippen molar-refractivity contribution in [3.05, 3.63) is 211 Å². The van der Waals surface area contributed by atoms with Gasteiger partial charge in [-0.15, -0.1) is 0 Å². The summed E-state index contributed by atoms with van der Waals surface area (Å²) in [5.74, 6) is 2.66. The van der Waals surface area contributed by atoms with Gasteiger partial charge in [-0.1, -0.05) is 164 Å². The van der Waals surface area contributed by atoms with Crippen molar-refractivity contribution in [3.8, 4) is 45.3 Å². The molecule has 0 spiro atoms. The summed E-state index contributed by atoms with van der Waals surface area (Å²) in [5, 5.41) is 6.98. The van der Waals surface area contributed by atoms with Gasteiger partial charge in [0.1, 0.15) is 11.2 Å². The van der Waals surface area contributed by atoms with Gasteiger partial charge in [-0.05, 0) is 104 Å². The van der Waals surface area contributed by atoms with E-state index in [9.17, 15) is 0 Å². The number of hydrogen-bond donors (Lipinski definition) is 0. The van der Waals surface area contributed by atoms with Gasteiger partial charge in [0.2, 0.25) is 0 Å². The lowest BCUT2D eigenvalue weighted by Crippen LogP contribution is -2.18. The number of allylic oxidation sites excluding steroid dienone is 4. The van der Waals surface area contributed by atoms with E-state index in [1.807, 2.05) is 12.1 Å². The van der Waals surface area contributed by atoms with Crippen molar-refractivity contribution in [3.63, 3.8) is 0 Å². The van der Waals surface area contributed by atoms with Crippen LogP contribution in [0.15, 0.2) is 199 Å². The van der Waals surface area contributed by atoms with Crippen LogP contribution in [0, 0.1) is 5.92 Å². The van der Waals surface area contributed by atoms with E-state index in [0.717, 1.165) is 68.0 Å². The number of hydrogen-bond acceptors (Lipinski definition) is 4. The van der Waals surface area contributed by atoms with Crippen LogP contribution in [0.3, 0.4) is 0 Å². The predicted octanol–water partition coefficient (Wildman–Crippen LogP) is 14.3. The number of furan rings is 1. The van der Waals surface area contributed by atoms with Gasteiger partial charge >= 0.3 is 0 Å². The van der Waals surface area contributed by atoms with Gasteiger partial charge < -0.3 is 4.42 Å². The van der Waals surface area contributed by atoms with Gasteiger partial charge in [0, 0.05) is 33.4 Å². The van der Waals surface area contributed by atoms with Crippen LogP contribution >= 0.6 is 0 Å². The number of fused-ring (bicyclic) bond motifs is 8. The lowest BCUT2D eigenvalue weighted by molar-refractivity contribution is 0.455. The van der Waals surface area contributed by atoms with Crippen molar-refractivity contribution >= 4 is 43.5 Å². The quantitative estimate of drug-likeness (QED) is 0.175. The van der Waals surface area contributed by atoms with E-state index in [4.69, 9.17) is 19.4 Å². The van der Waals surface area contributed by atoms with Crippen molar-refractivity contribution in [2.45, 2.75) is 24.7 Å². The summed E-state index contributed by atoms with van der Waals surface area (Å²) in [4.78, 5) is 16.0. The molecule has 0 radical (unpaired) electrons. The zero-order valence-corrected chi connectivity index (χ0v) is 32.9. The monoisotopic (exact) mass is 769 g/mol. The predicted molar refractivity (Wildman–Crippen MR) is 246 cm³/mol. The molecule has 2 aliphatic rings. The fraction of sp³-hybridized carbons (Fsp3) is 0.0893. The zero-order chi connectivity index (χ0) is 39.6. The van der Waals surface area contributed by atoms with Crippen molar-refractivity contribution in [1.29, 1.82) is 0 Å². The largest absolute Gasteiger partial charge is 0.456 e. The van der Waals surface area contributed by atoms with E-state index in [1.165, 1.54) is 32.8 Å². The molecule has 0 amide bonds. The van der Waals surface area contributed by atoms with E-state index in [0.29, 0.717) is 17.5 Å². The minimum atomic E-state index is 0.229. The first-order chi connectivity index (χ1) is 29.7. The van der Waals surface area contributed by atoms with Crippen LogP contribution in [0.5, 0.6) is 0 Å². The molecule has 2 unspecified atom stereocenters. The molecule has 2 aliphatic carbocycles. The molecule has 3 atom stereocenters. The van der Waals surface area contributed by atoms with Crippen LogP contribution in [0.2, 0.25) is 0 Å². The Balaban J connectivity index is 1.07. The molecule has 0 aliphatic heterocycles. The number of aryl methyl sites for hydroxylation is 1. The second-order valence-corrected chi connectivity index (χ2v) is 16.3. The molecule has 12 rings (SSSR count). The highest BCUT2D eigenvalue weighted by Crippen LogP contribution is 2.49. The summed E-state index contributed by atoms with van der Waals surface area (Å²) in [5.41, 5.74) is 10.9. The van der Waals surface area contributed by atoms with Crippen molar-refractivity contribution in [2.75, 3.05) is 0 Å². The fourth-order valence-corrected chi connectivity index (χ4v) is 9.86. The average Bonchev–Trinajstić information content (AvgIpc) is 3.62. The molecule has 8 aromatic carbocycles. The van der Waals surface area contributed by atoms with Crippen LogP contribution in [0.25, 0.3) is 88.8 Å². The van der Waals surface area contributed by atoms with Crippen LogP contribution in [-0.2, 0) is 6.42 Å². The molecule has 0 bridgehead atoms. The van der Waals surface area contributed by atoms with Crippen LogP contribution in [0.4, 0.5) is 0 Å². The highest BCUT2D eigenvalue weighted by atomic mass is 16.3. The van der Waals surface area contributed by atoms with Crippen LogP contribution in [0.1, 0.15) is 34.9 Å². The third-order valence-electron chi connectivity index (χ3n) is 12.8. The highest BCUT2D eigenvalue weighted by Gasteiger charge is 2.35. The third kappa shape index (κ3) is 5.95. The second kappa shape index (κ2) is 14.1. The minimum Gasteiger partial charge on any atom is -0.456 e. The Labute approximate surface area is 348 Å². The Morgan fingerprint density at radius 3 is 1.98 bits per heavy atom. The van der Waals surface area contributed by atoms with E-state index in [-0.39, 0.29) is 17.8 Å². The van der Waals surface area contributed by atoms with Gasteiger partial charge in [0.25, 0.3) is 0 Å². The second-order valence-electron chi connectivity index (χ2n) is 16.3. The minimum absolute atomic E-state index is 0.229. The molecular formula is C56H39N3O. The van der Waals surface area contributed by atoms with Gasteiger partial charge in [0.05, 0.1) is 0 Å². The number of rotatable bonds is 5. The molecule has 2 aromatic heterocycles. The first-order valence-corrected chi connectivity index (χ1v) is 20.9. The molecule has 2 heterocycles. The number of para-hydroxylation sites is 1. The van der Waals surface area contributed by atoms with Crippen molar-refractivity contribution in [1.82, 2.24) is 15.0 Å². The molecule has 284 valence electrons. The molecule has 0 N–H and O–H groups in total. The van der Waals surface area contributed by atoms with Gasteiger partial charge in [-0.25, -0.2) is 15.0 Å². The average molecular weight is 770 g/mol. The molecule has 60 heavy (non-hydrogen) atoms. The van der Waals surface area contributed by atoms with Crippen molar-refractivity contribution in [2.24, 2.45) is 5.92 Å². The topological polar surface area (TPSA) is 51.8 Å². The van der Waals surface area contributed by atoms with Crippen LogP contribution in [-0.4, -0.2) is 15.0 Å². The van der Waals surface area contributed by atoms with E-state index in [2.05, 4.69) is 182 Å². The Bertz CT molecular complexity index is 3360. The van der Waals surface area contributed by atoms with Gasteiger partial charge in [-0.3, -0.25) is 0 Å².